The Hall–Kier alpha value is -3.39. The Balaban J connectivity index is 1.54. The molecule has 0 unspecified atom stereocenters. The number of amides is 3. The number of carbonyl (C=O) groups excluding carboxylic acids is 2. The third-order valence-electron chi connectivity index (χ3n) is 3.99. The van der Waals surface area contributed by atoms with Gasteiger partial charge in [-0.05, 0) is 18.2 Å². The zero-order chi connectivity index (χ0) is 19.9. The molecule has 0 aliphatic carbocycles. The molecule has 0 fully saturated rings. The summed E-state index contributed by atoms with van der Waals surface area (Å²) in [6.07, 6.45) is 1.61. The topological polar surface area (TPSA) is 79.9 Å². The van der Waals surface area contributed by atoms with Crippen molar-refractivity contribution in [2.75, 3.05) is 25.2 Å². The molecule has 8 heteroatoms. The number of fused-ring (bicyclic) bond motifs is 1. The van der Waals surface area contributed by atoms with E-state index < -0.39 is 11.9 Å². The minimum atomic E-state index is -0.673. The fourth-order valence-corrected chi connectivity index (χ4v) is 2.74. The van der Waals surface area contributed by atoms with Gasteiger partial charge < -0.3 is 14.8 Å². The van der Waals surface area contributed by atoms with E-state index in [9.17, 15) is 14.0 Å². The summed E-state index contributed by atoms with van der Waals surface area (Å²) in [7, 11) is 0. The first-order valence-corrected chi connectivity index (χ1v) is 8.62. The van der Waals surface area contributed by atoms with Crippen LogP contribution in [0.3, 0.4) is 0 Å². The van der Waals surface area contributed by atoms with Crippen LogP contribution in [0.5, 0.6) is 11.5 Å². The molecule has 0 aromatic heterocycles. The molecule has 0 atom stereocenters. The number of hydrogen-bond donors (Lipinski definition) is 2. The van der Waals surface area contributed by atoms with Crippen LogP contribution in [0.25, 0.3) is 0 Å². The maximum Gasteiger partial charge on any atom is 0.325 e. The Morgan fingerprint density at radius 1 is 1.18 bits per heavy atom. The lowest BCUT2D eigenvalue weighted by molar-refractivity contribution is -0.121. The summed E-state index contributed by atoms with van der Waals surface area (Å²) >= 11 is 0. The molecule has 0 saturated carbocycles. The molecule has 0 bridgehead atoms. The van der Waals surface area contributed by atoms with Crippen LogP contribution in [0.1, 0.15) is 5.56 Å². The summed E-state index contributed by atoms with van der Waals surface area (Å²) in [5, 5.41) is 4.82. The predicted octanol–water partition coefficient (Wildman–Crippen LogP) is 2.89. The molecule has 2 aromatic carbocycles. The van der Waals surface area contributed by atoms with Gasteiger partial charge >= 0.3 is 6.03 Å². The van der Waals surface area contributed by atoms with Crippen LogP contribution in [0.2, 0.25) is 0 Å². The van der Waals surface area contributed by atoms with Gasteiger partial charge in [-0.25, -0.2) is 9.18 Å². The number of nitrogens with zero attached hydrogens (tertiary/aromatic N) is 1. The highest BCUT2D eigenvalue weighted by molar-refractivity contribution is 6.01. The molecule has 7 nitrogen and oxygen atoms in total. The standard InChI is InChI=1S/C20H20FN3O4/c1-2-9-24(11-14-5-3-4-6-16(14)21)12-19(25)23-20(26)22-15-7-8-17-18(10-15)28-13-27-17/h2-8,10H,1,9,11-13H2,(H2,22,23,25,26). The van der Waals surface area contributed by atoms with E-state index in [1.807, 2.05) is 0 Å². The third-order valence-corrected chi connectivity index (χ3v) is 3.99. The summed E-state index contributed by atoms with van der Waals surface area (Å²) < 4.78 is 24.3. The van der Waals surface area contributed by atoms with Gasteiger partial charge in [-0.15, -0.1) is 6.58 Å². The van der Waals surface area contributed by atoms with E-state index in [0.717, 1.165) is 0 Å². The minimum absolute atomic E-state index is 0.0884. The van der Waals surface area contributed by atoms with Crippen LogP contribution in [-0.2, 0) is 11.3 Å². The van der Waals surface area contributed by atoms with E-state index >= 15 is 0 Å². The minimum Gasteiger partial charge on any atom is -0.454 e. The van der Waals surface area contributed by atoms with Crippen molar-refractivity contribution < 1.29 is 23.5 Å². The van der Waals surface area contributed by atoms with Gasteiger partial charge in [-0.3, -0.25) is 15.0 Å². The number of ether oxygens (including phenoxy) is 2. The quantitative estimate of drug-likeness (QED) is 0.717. The van der Waals surface area contributed by atoms with Gasteiger partial charge in [0.25, 0.3) is 0 Å². The van der Waals surface area contributed by atoms with Gasteiger partial charge in [0.05, 0.1) is 6.54 Å². The lowest BCUT2D eigenvalue weighted by atomic mass is 10.2. The number of imide groups is 1. The second kappa shape index (κ2) is 9.01. The highest BCUT2D eigenvalue weighted by Crippen LogP contribution is 2.34. The fourth-order valence-electron chi connectivity index (χ4n) is 2.74. The van der Waals surface area contributed by atoms with Crippen LogP contribution in [-0.4, -0.2) is 36.7 Å². The van der Waals surface area contributed by atoms with Gasteiger partial charge in [-0.1, -0.05) is 24.3 Å². The van der Waals surface area contributed by atoms with E-state index in [-0.39, 0.29) is 25.7 Å². The van der Waals surface area contributed by atoms with Crippen LogP contribution in [0.4, 0.5) is 14.9 Å². The molecule has 2 N–H and O–H groups in total. The zero-order valence-electron chi connectivity index (χ0n) is 15.1. The van der Waals surface area contributed by atoms with Crippen molar-refractivity contribution in [3.05, 3.63) is 66.5 Å². The fraction of sp³-hybridized carbons (Fsp3) is 0.200. The molecule has 1 heterocycles. The van der Waals surface area contributed by atoms with E-state index in [2.05, 4.69) is 17.2 Å². The molecule has 3 amide bonds. The predicted molar refractivity (Wildman–Crippen MR) is 102 cm³/mol. The molecule has 1 aliphatic heterocycles. The molecule has 1 aliphatic rings. The molecular formula is C20H20FN3O4. The summed E-state index contributed by atoms with van der Waals surface area (Å²) in [5.41, 5.74) is 0.922. The summed E-state index contributed by atoms with van der Waals surface area (Å²) in [4.78, 5) is 25.9. The van der Waals surface area contributed by atoms with E-state index in [1.54, 1.807) is 47.4 Å². The molecule has 2 aromatic rings. The van der Waals surface area contributed by atoms with Gasteiger partial charge in [0.2, 0.25) is 12.7 Å². The lowest BCUT2D eigenvalue weighted by Gasteiger charge is -2.20. The van der Waals surface area contributed by atoms with Crippen molar-refractivity contribution in [1.29, 1.82) is 0 Å². The van der Waals surface area contributed by atoms with Crippen molar-refractivity contribution in [1.82, 2.24) is 10.2 Å². The van der Waals surface area contributed by atoms with Crippen LogP contribution in [0, 0.1) is 5.82 Å². The monoisotopic (exact) mass is 385 g/mol. The highest BCUT2D eigenvalue weighted by atomic mass is 19.1. The Morgan fingerprint density at radius 2 is 1.96 bits per heavy atom. The number of anilines is 1. The van der Waals surface area contributed by atoms with Gasteiger partial charge in [0, 0.05) is 30.4 Å². The number of urea groups is 1. The summed E-state index contributed by atoms with van der Waals surface area (Å²) in [6.45, 7) is 4.27. The first kappa shape index (κ1) is 19.4. The van der Waals surface area contributed by atoms with Crippen molar-refractivity contribution in [3.63, 3.8) is 0 Å². The van der Waals surface area contributed by atoms with Gasteiger partial charge in [0.15, 0.2) is 11.5 Å². The molecule has 0 radical (unpaired) electrons. The van der Waals surface area contributed by atoms with E-state index in [1.165, 1.54) is 6.07 Å². The van der Waals surface area contributed by atoms with Crippen molar-refractivity contribution in [2.24, 2.45) is 0 Å². The number of rotatable bonds is 7. The maximum atomic E-state index is 13.8. The van der Waals surface area contributed by atoms with Crippen molar-refractivity contribution in [3.8, 4) is 11.5 Å². The molecule has 146 valence electrons. The third kappa shape index (κ3) is 5.08. The number of hydrogen-bond acceptors (Lipinski definition) is 5. The number of nitrogens with one attached hydrogen (secondary N) is 2. The average Bonchev–Trinajstić information content (AvgIpc) is 3.11. The smallest absolute Gasteiger partial charge is 0.325 e. The second-order valence-electron chi connectivity index (χ2n) is 6.12. The normalized spacial score (nSPS) is 11.9. The van der Waals surface area contributed by atoms with E-state index in [0.29, 0.717) is 29.3 Å². The van der Waals surface area contributed by atoms with Crippen molar-refractivity contribution >= 4 is 17.6 Å². The average molecular weight is 385 g/mol. The van der Waals surface area contributed by atoms with E-state index in [4.69, 9.17) is 9.47 Å². The lowest BCUT2D eigenvalue weighted by Crippen LogP contribution is -2.41. The highest BCUT2D eigenvalue weighted by Gasteiger charge is 2.17. The molecular weight excluding hydrogens is 365 g/mol. The summed E-state index contributed by atoms with van der Waals surface area (Å²) in [6, 6.07) is 10.6. The molecule has 0 saturated heterocycles. The first-order valence-electron chi connectivity index (χ1n) is 8.62. The van der Waals surface area contributed by atoms with Crippen LogP contribution >= 0.6 is 0 Å². The number of halogens is 1. The van der Waals surface area contributed by atoms with Crippen LogP contribution < -0.4 is 20.1 Å². The first-order chi connectivity index (χ1) is 13.5. The Morgan fingerprint density at radius 3 is 2.75 bits per heavy atom. The second-order valence-corrected chi connectivity index (χ2v) is 6.12. The largest absolute Gasteiger partial charge is 0.454 e. The maximum absolute atomic E-state index is 13.8. The summed E-state index contributed by atoms with van der Waals surface area (Å²) in [5.74, 6) is 0.246. The van der Waals surface area contributed by atoms with Gasteiger partial charge in [0.1, 0.15) is 5.82 Å². The Bertz CT molecular complexity index is 888. The number of carbonyl (C=O) groups is 2. The Labute approximate surface area is 161 Å². The van der Waals surface area contributed by atoms with Crippen molar-refractivity contribution in [2.45, 2.75) is 6.54 Å². The van der Waals surface area contributed by atoms with Gasteiger partial charge in [-0.2, -0.15) is 0 Å². The molecule has 28 heavy (non-hydrogen) atoms. The Kier molecular flexibility index (Phi) is 6.23. The number of benzene rings is 2. The zero-order valence-corrected chi connectivity index (χ0v) is 15.1. The SMILES string of the molecule is C=CCN(CC(=O)NC(=O)Nc1ccc2c(c1)OCO2)Cc1ccccc1F. The molecule has 3 rings (SSSR count). The molecule has 0 spiro atoms. The van der Waals surface area contributed by atoms with Crippen LogP contribution in [0.15, 0.2) is 55.1 Å².